The van der Waals surface area contributed by atoms with Gasteiger partial charge in [0, 0.05) is 19.1 Å². The third kappa shape index (κ3) is 3.08. The first kappa shape index (κ1) is 17.3. The van der Waals surface area contributed by atoms with Crippen LogP contribution in [-0.2, 0) is 11.2 Å². The van der Waals surface area contributed by atoms with Gasteiger partial charge in [0.15, 0.2) is 5.76 Å². The number of piperidine rings is 1. The topological polar surface area (TPSA) is 87.9 Å². The summed E-state index contributed by atoms with van der Waals surface area (Å²) >= 11 is 0. The lowest BCUT2D eigenvalue weighted by atomic mass is 10.0. The summed E-state index contributed by atoms with van der Waals surface area (Å²) in [7, 11) is 0. The van der Waals surface area contributed by atoms with Crippen molar-refractivity contribution in [3.8, 4) is 6.07 Å². The Morgan fingerprint density at radius 3 is 2.78 bits per heavy atom. The maximum Gasteiger partial charge on any atom is 0.228 e. The van der Waals surface area contributed by atoms with E-state index in [-0.39, 0.29) is 12.3 Å². The molecule has 3 heterocycles. The van der Waals surface area contributed by atoms with Gasteiger partial charge in [0.25, 0.3) is 0 Å². The molecule has 1 aliphatic rings. The molecule has 1 fully saturated rings. The van der Waals surface area contributed by atoms with Gasteiger partial charge in [0.1, 0.15) is 23.2 Å². The number of hydrogen-bond acceptors (Lipinski definition) is 5. The van der Waals surface area contributed by atoms with Crippen LogP contribution in [0, 0.1) is 25.2 Å². The average molecular weight is 363 g/mol. The van der Waals surface area contributed by atoms with E-state index in [2.05, 4.69) is 26.8 Å². The monoisotopic (exact) mass is 363 g/mol. The largest absolute Gasteiger partial charge is 0.360 e. The summed E-state index contributed by atoms with van der Waals surface area (Å²) in [5, 5.41) is 13.0. The highest BCUT2D eigenvalue weighted by atomic mass is 16.5. The lowest BCUT2D eigenvalue weighted by Crippen LogP contribution is -2.40. The van der Waals surface area contributed by atoms with Gasteiger partial charge in [0.2, 0.25) is 5.91 Å². The fourth-order valence-electron chi connectivity index (χ4n) is 3.94. The molecule has 0 saturated carbocycles. The summed E-state index contributed by atoms with van der Waals surface area (Å²) in [4.78, 5) is 19.1. The number of benzene rings is 1. The van der Waals surface area contributed by atoms with E-state index in [0.29, 0.717) is 36.1 Å². The Bertz CT molecular complexity index is 1030. The zero-order valence-corrected chi connectivity index (χ0v) is 15.5. The van der Waals surface area contributed by atoms with Crippen LogP contribution >= 0.6 is 0 Å². The fourth-order valence-corrected chi connectivity index (χ4v) is 3.94. The summed E-state index contributed by atoms with van der Waals surface area (Å²) in [6.07, 6.45) is 1.88. The van der Waals surface area contributed by atoms with Crippen LogP contribution < -0.4 is 0 Å². The SMILES string of the molecule is Cc1onc(CC(=O)N2CCC(n3c(C)nc4ccccc43)CC2)c1C#N. The lowest BCUT2D eigenvalue weighted by molar-refractivity contribution is -0.131. The standard InChI is InChI=1S/C20H21N5O2/c1-13-16(12-21)18(23-27-13)11-20(26)24-9-7-15(8-10-24)25-14(2)22-17-5-3-4-6-19(17)25/h3-6,15H,7-11H2,1-2H3. The number of nitriles is 1. The highest BCUT2D eigenvalue weighted by Crippen LogP contribution is 2.29. The lowest BCUT2D eigenvalue weighted by Gasteiger charge is -2.33. The zero-order chi connectivity index (χ0) is 19.0. The van der Waals surface area contributed by atoms with E-state index in [1.54, 1.807) is 6.92 Å². The van der Waals surface area contributed by atoms with E-state index >= 15 is 0 Å². The smallest absolute Gasteiger partial charge is 0.228 e. The van der Waals surface area contributed by atoms with Crippen LogP contribution in [0.3, 0.4) is 0 Å². The predicted molar refractivity (Wildman–Crippen MR) is 99.0 cm³/mol. The Hall–Kier alpha value is -3.14. The number of amides is 1. The summed E-state index contributed by atoms with van der Waals surface area (Å²) in [6.45, 7) is 5.10. The van der Waals surface area contributed by atoms with Gasteiger partial charge in [-0.1, -0.05) is 17.3 Å². The van der Waals surface area contributed by atoms with Gasteiger partial charge in [-0.2, -0.15) is 5.26 Å². The van der Waals surface area contributed by atoms with E-state index in [4.69, 9.17) is 4.52 Å². The Balaban J connectivity index is 1.45. The predicted octanol–water partition coefficient (Wildman–Crippen LogP) is 2.92. The number of para-hydroxylation sites is 2. The van der Waals surface area contributed by atoms with E-state index < -0.39 is 0 Å². The zero-order valence-electron chi connectivity index (χ0n) is 15.5. The molecule has 1 saturated heterocycles. The van der Waals surface area contributed by atoms with Gasteiger partial charge in [-0.05, 0) is 38.8 Å². The molecule has 3 aromatic rings. The number of likely N-dealkylation sites (tertiary alicyclic amines) is 1. The van der Waals surface area contributed by atoms with Crippen LogP contribution in [0.5, 0.6) is 0 Å². The molecule has 0 radical (unpaired) electrons. The van der Waals surface area contributed by atoms with Crippen LogP contribution in [0.2, 0.25) is 0 Å². The Labute approximate surface area is 157 Å². The molecule has 4 rings (SSSR count). The molecule has 0 N–H and O–H groups in total. The number of aromatic nitrogens is 3. The van der Waals surface area contributed by atoms with E-state index in [9.17, 15) is 10.1 Å². The molecule has 1 aliphatic heterocycles. The second-order valence-electron chi connectivity index (χ2n) is 6.98. The number of carbonyl (C=O) groups is 1. The third-order valence-corrected chi connectivity index (χ3v) is 5.32. The van der Waals surface area contributed by atoms with Crippen molar-refractivity contribution >= 4 is 16.9 Å². The molecule has 27 heavy (non-hydrogen) atoms. The molecule has 0 spiro atoms. The molecule has 7 nitrogen and oxygen atoms in total. The van der Waals surface area contributed by atoms with Gasteiger partial charge in [-0.25, -0.2) is 4.98 Å². The summed E-state index contributed by atoms with van der Waals surface area (Å²) in [5.41, 5.74) is 2.97. The van der Waals surface area contributed by atoms with Crippen molar-refractivity contribution in [2.24, 2.45) is 0 Å². The molecule has 0 atom stereocenters. The number of aryl methyl sites for hydroxylation is 2. The second kappa shape index (κ2) is 6.88. The number of rotatable bonds is 3. The summed E-state index contributed by atoms with van der Waals surface area (Å²) in [6, 6.07) is 10.6. The van der Waals surface area contributed by atoms with Crippen molar-refractivity contribution in [1.29, 1.82) is 5.26 Å². The molecule has 1 amide bonds. The van der Waals surface area contributed by atoms with Gasteiger partial charge >= 0.3 is 0 Å². The summed E-state index contributed by atoms with van der Waals surface area (Å²) in [5.74, 6) is 1.46. The first-order valence-corrected chi connectivity index (χ1v) is 9.15. The van der Waals surface area contributed by atoms with E-state index in [1.807, 2.05) is 30.0 Å². The van der Waals surface area contributed by atoms with Crippen LogP contribution in [-0.4, -0.2) is 38.6 Å². The van der Waals surface area contributed by atoms with Crippen molar-refractivity contribution in [1.82, 2.24) is 19.6 Å². The van der Waals surface area contributed by atoms with Crippen LogP contribution in [0.25, 0.3) is 11.0 Å². The Morgan fingerprint density at radius 1 is 1.30 bits per heavy atom. The minimum atomic E-state index is -0.00883. The third-order valence-electron chi connectivity index (χ3n) is 5.32. The molecule has 7 heteroatoms. The van der Waals surface area contributed by atoms with Crippen molar-refractivity contribution in [3.63, 3.8) is 0 Å². The van der Waals surface area contributed by atoms with Gasteiger partial charge in [-0.3, -0.25) is 4.79 Å². The summed E-state index contributed by atoms with van der Waals surface area (Å²) < 4.78 is 7.34. The molecule has 1 aromatic carbocycles. The Morgan fingerprint density at radius 2 is 2.04 bits per heavy atom. The van der Waals surface area contributed by atoms with Gasteiger partial charge in [-0.15, -0.1) is 0 Å². The van der Waals surface area contributed by atoms with Crippen LogP contribution in [0.4, 0.5) is 0 Å². The number of imidazole rings is 1. The maximum atomic E-state index is 12.6. The maximum absolute atomic E-state index is 12.6. The van der Waals surface area contributed by atoms with Crippen molar-refractivity contribution in [2.75, 3.05) is 13.1 Å². The molecule has 138 valence electrons. The van der Waals surface area contributed by atoms with Crippen LogP contribution in [0.15, 0.2) is 28.8 Å². The number of fused-ring (bicyclic) bond motifs is 1. The van der Waals surface area contributed by atoms with Gasteiger partial charge in [0.05, 0.1) is 17.5 Å². The van der Waals surface area contributed by atoms with Crippen LogP contribution in [0.1, 0.15) is 41.7 Å². The first-order valence-electron chi connectivity index (χ1n) is 9.15. The first-order chi connectivity index (χ1) is 13.1. The molecule has 0 aliphatic carbocycles. The number of carbonyl (C=O) groups excluding carboxylic acids is 1. The van der Waals surface area contributed by atoms with Crippen molar-refractivity contribution < 1.29 is 9.32 Å². The van der Waals surface area contributed by atoms with E-state index in [1.165, 1.54) is 0 Å². The van der Waals surface area contributed by atoms with Crippen molar-refractivity contribution in [2.45, 2.75) is 39.2 Å². The molecule has 0 bridgehead atoms. The minimum Gasteiger partial charge on any atom is -0.360 e. The van der Waals surface area contributed by atoms with E-state index in [0.717, 1.165) is 29.7 Å². The Kier molecular flexibility index (Phi) is 4.40. The molecular weight excluding hydrogens is 342 g/mol. The number of nitrogens with zero attached hydrogens (tertiary/aromatic N) is 5. The second-order valence-corrected chi connectivity index (χ2v) is 6.98. The minimum absolute atomic E-state index is 0.00883. The fraction of sp³-hybridized carbons (Fsp3) is 0.400. The van der Waals surface area contributed by atoms with Gasteiger partial charge < -0.3 is 14.0 Å². The molecule has 2 aromatic heterocycles. The molecule has 0 unspecified atom stereocenters. The number of hydrogen-bond donors (Lipinski definition) is 0. The average Bonchev–Trinajstić information content (AvgIpc) is 3.20. The van der Waals surface area contributed by atoms with Crippen molar-refractivity contribution in [3.05, 3.63) is 47.1 Å². The normalized spacial score (nSPS) is 15.2. The highest BCUT2D eigenvalue weighted by Gasteiger charge is 2.27. The molecular formula is C20H21N5O2. The highest BCUT2D eigenvalue weighted by molar-refractivity contribution is 5.79. The quantitative estimate of drug-likeness (QED) is 0.714.